The van der Waals surface area contributed by atoms with Gasteiger partial charge < -0.3 is 15.4 Å². The summed E-state index contributed by atoms with van der Waals surface area (Å²) in [6, 6.07) is 11.7. The molecule has 0 saturated heterocycles. The molecule has 2 aromatic rings. The number of amides is 2. The summed E-state index contributed by atoms with van der Waals surface area (Å²) in [4.78, 5) is 24.8. The van der Waals surface area contributed by atoms with Crippen molar-refractivity contribution in [3.8, 4) is 11.5 Å². The van der Waals surface area contributed by atoms with Gasteiger partial charge in [-0.2, -0.15) is 0 Å². The van der Waals surface area contributed by atoms with Crippen molar-refractivity contribution in [2.45, 2.75) is 48.3 Å². The minimum absolute atomic E-state index is 0.0582. The second kappa shape index (κ2) is 12.3. The number of nitrogens with one attached hydrogen (secondary N) is 3. The molecule has 4 N–H and O–H groups in total. The molecule has 0 spiro atoms. The lowest BCUT2D eigenvalue weighted by Gasteiger charge is -2.30. The van der Waals surface area contributed by atoms with E-state index in [0.717, 1.165) is 32.1 Å². The van der Waals surface area contributed by atoms with Gasteiger partial charge in [0.2, 0.25) is 5.91 Å². The van der Waals surface area contributed by atoms with E-state index >= 15 is 0 Å². The number of carbonyl (C=O) groups excluding carboxylic acids is 2. The maximum absolute atomic E-state index is 13.4. The van der Waals surface area contributed by atoms with Crippen LogP contribution in [-0.4, -0.2) is 50.3 Å². The molecule has 2 amide bonds. The number of halogens is 1. The number of rotatable bonds is 10. The average Bonchev–Trinajstić information content (AvgIpc) is 2.88. The van der Waals surface area contributed by atoms with Crippen LogP contribution in [0.5, 0.6) is 11.5 Å². The van der Waals surface area contributed by atoms with Crippen molar-refractivity contribution in [3.63, 3.8) is 0 Å². The van der Waals surface area contributed by atoms with Crippen molar-refractivity contribution in [1.29, 1.82) is 0 Å². The normalized spacial score (nSPS) is 16.2. The fourth-order valence-corrected chi connectivity index (χ4v) is 5.93. The van der Waals surface area contributed by atoms with Gasteiger partial charge in [0.25, 0.3) is 5.91 Å². The van der Waals surface area contributed by atoms with E-state index in [1.807, 2.05) is 0 Å². The molecule has 2 atom stereocenters. The molecular formula is C24H30ClN3O6S. The standard InChI is InChI=1S/C24H30ClN3O6S/c1-26-23(29)21(15-27-22(24(30)28-31)16-5-3-2-4-6-16)35(32,33)20-13-11-19(12-14-20)34-18-9-7-17(25)8-10-18/h7-14,16,21-22,27,31H,2-6,15H2,1H3,(H,26,29)(H,28,30)/t21?,22-/m1/s1. The van der Waals surface area contributed by atoms with Gasteiger partial charge in [0.15, 0.2) is 15.1 Å². The molecule has 3 rings (SSSR count). The topological polar surface area (TPSA) is 134 Å². The molecule has 0 aliphatic heterocycles. The zero-order valence-corrected chi connectivity index (χ0v) is 20.9. The largest absolute Gasteiger partial charge is 0.457 e. The van der Waals surface area contributed by atoms with Gasteiger partial charge in [0, 0.05) is 18.6 Å². The summed E-state index contributed by atoms with van der Waals surface area (Å²) in [6.07, 6.45) is 4.51. The number of carbonyl (C=O) groups is 2. The zero-order chi connectivity index (χ0) is 25.4. The molecule has 11 heteroatoms. The van der Waals surface area contributed by atoms with E-state index in [-0.39, 0.29) is 17.4 Å². The molecule has 1 fully saturated rings. The first-order valence-electron chi connectivity index (χ1n) is 11.4. The summed E-state index contributed by atoms with van der Waals surface area (Å²) in [6.45, 7) is -0.292. The maximum atomic E-state index is 13.4. The summed E-state index contributed by atoms with van der Waals surface area (Å²) < 4.78 is 32.4. The molecular weight excluding hydrogens is 494 g/mol. The van der Waals surface area contributed by atoms with Crippen LogP contribution in [0.3, 0.4) is 0 Å². The van der Waals surface area contributed by atoms with Crippen LogP contribution in [0.4, 0.5) is 0 Å². The van der Waals surface area contributed by atoms with Crippen molar-refractivity contribution in [1.82, 2.24) is 16.1 Å². The third-order valence-corrected chi connectivity index (χ3v) is 8.46. The van der Waals surface area contributed by atoms with Crippen LogP contribution in [0.2, 0.25) is 5.02 Å². The number of ether oxygens (including phenoxy) is 1. The first-order chi connectivity index (χ1) is 16.8. The number of sulfone groups is 1. The number of hydroxylamine groups is 1. The number of benzene rings is 2. The van der Waals surface area contributed by atoms with Crippen LogP contribution >= 0.6 is 11.6 Å². The van der Waals surface area contributed by atoms with E-state index in [4.69, 9.17) is 16.3 Å². The summed E-state index contributed by atoms with van der Waals surface area (Å²) >= 11 is 5.87. The quantitative estimate of drug-likeness (QED) is 0.278. The van der Waals surface area contributed by atoms with E-state index < -0.39 is 32.9 Å². The van der Waals surface area contributed by atoms with Crippen LogP contribution in [0.15, 0.2) is 53.4 Å². The molecule has 35 heavy (non-hydrogen) atoms. The Bertz CT molecular complexity index is 1100. The summed E-state index contributed by atoms with van der Waals surface area (Å²) in [5.41, 5.74) is 1.66. The fourth-order valence-electron chi connectivity index (χ4n) is 4.25. The van der Waals surface area contributed by atoms with Crippen LogP contribution in [-0.2, 0) is 19.4 Å². The minimum atomic E-state index is -4.11. The van der Waals surface area contributed by atoms with Crippen molar-refractivity contribution >= 4 is 33.3 Å². The number of hydrogen-bond acceptors (Lipinski definition) is 7. The first-order valence-corrected chi connectivity index (χ1v) is 13.3. The van der Waals surface area contributed by atoms with Gasteiger partial charge in [-0.3, -0.25) is 14.8 Å². The highest BCUT2D eigenvalue weighted by molar-refractivity contribution is 7.92. The Balaban J connectivity index is 1.77. The first kappa shape index (κ1) is 26.9. The van der Waals surface area contributed by atoms with Gasteiger partial charge >= 0.3 is 0 Å². The lowest BCUT2D eigenvalue weighted by Crippen LogP contribution is -2.53. The highest BCUT2D eigenvalue weighted by atomic mass is 35.5. The predicted octanol–water partition coefficient (Wildman–Crippen LogP) is 3.06. The average molecular weight is 524 g/mol. The van der Waals surface area contributed by atoms with Gasteiger partial charge in [-0.15, -0.1) is 0 Å². The molecule has 0 radical (unpaired) electrons. The van der Waals surface area contributed by atoms with Gasteiger partial charge in [0.1, 0.15) is 11.5 Å². The van der Waals surface area contributed by atoms with Crippen molar-refractivity contribution < 1.29 is 28.0 Å². The second-order valence-electron chi connectivity index (χ2n) is 8.44. The molecule has 9 nitrogen and oxygen atoms in total. The summed E-state index contributed by atoms with van der Waals surface area (Å²) in [7, 11) is -2.75. The Labute approximate surface area is 210 Å². The van der Waals surface area contributed by atoms with Gasteiger partial charge in [-0.25, -0.2) is 13.9 Å². The number of hydrogen-bond donors (Lipinski definition) is 4. The lowest BCUT2D eigenvalue weighted by atomic mass is 9.83. The molecule has 2 aromatic carbocycles. The van der Waals surface area contributed by atoms with Crippen molar-refractivity contribution in [3.05, 3.63) is 53.6 Å². The maximum Gasteiger partial charge on any atom is 0.260 e. The predicted molar refractivity (Wildman–Crippen MR) is 131 cm³/mol. The Kier molecular flexibility index (Phi) is 9.50. The van der Waals surface area contributed by atoms with E-state index in [0.29, 0.717) is 16.5 Å². The minimum Gasteiger partial charge on any atom is -0.457 e. The Hall–Kier alpha value is -2.66. The van der Waals surface area contributed by atoms with Crippen molar-refractivity contribution in [2.75, 3.05) is 13.6 Å². The smallest absolute Gasteiger partial charge is 0.260 e. The molecule has 0 aromatic heterocycles. The van der Waals surface area contributed by atoms with E-state index in [1.54, 1.807) is 29.7 Å². The summed E-state index contributed by atoms with van der Waals surface area (Å²) in [5, 5.41) is 13.6. The van der Waals surface area contributed by atoms with Gasteiger partial charge in [-0.1, -0.05) is 30.9 Å². The van der Waals surface area contributed by atoms with E-state index in [9.17, 15) is 23.2 Å². The van der Waals surface area contributed by atoms with Crippen LogP contribution in [0.25, 0.3) is 0 Å². The van der Waals surface area contributed by atoms with E-state index in [1.165, 1.54) is 31.3 Å². The third kappa shape index (κ3) is 6.94. The Morgan fingerprint density at radius 3 is 2.11 bits per heavy atom. The highest BCUT2D eigenvalue weighted by Crippen LogP contribution is 2.28. The molecule has 1 aliphatic carbocycles. The molecule has 1 unspecified atom stereocenters. The van der Waals surface area contributed by atoms with Crippen LogP contribution in [0.1, 0.15) is 32.1 Å². The van der Waals surface area contributed by atoms with Crippen LogP contribution in [0, 0.1) is 5.92 Å². The van der Waals surface area contributed by atoms with Crippen LogP contribution < -0.4 is 20.9 Å². The van der Waals surface area contributed by atoms with E-state index in [2.05, 4.69) is 10.6 Å². The second-order valence-corrected chi connectivity index (χ2v) is 11.0. The summed E-state index contributed by atoms with van der Waals surface area (Å²) in [5.74, 6) is -0.459. The SMILES string of the molecule is CNC(=O)C(CN[C@@H](C(=O)NO)C1CCCCC1)S(=O)(=O)c1ccc(Oc2ccc(Cl)cc2)cc1. The molecule has 1 aliphatic rings. The Morgan fingerprint density at radius 2 is 1.57 bits per heavy atom. The molecule has 1 saturated carbocycles. The van der Waals surface area contributed by atoms with Crippen molar-refractivity contribution in [2.24, 2.45) is 5.92 Å². The molecule has 0 heterocycles. The highest BCUT2D eigenvalue weighted by Gasteiger charge is 2.36. The monoisotopic (exact) mass is 523 g/mol. The third-order valence-electron chi connectivity index (χ3n) is 6.15. The zero-order valence-electron chi connectivity index (χ0n) is 19.4. The van der Waals surface area contributed by atoms with Gasteiger partial charge in [-0.05, 0) is 67.3 Å². The van der Waals surface area contributed by atoms with Gasteiger partial charge in [0.05, 0.1) is 10.9 Å². The lowest BCUT2D eigenvalue weighted by molar-refractivity contribution is -0.133. The fraction of sp³-hybridized carbons (Fsp3) is 0.417. The molecule has 0 bridgehead atoms. The molecule has 190 valence electrons. The Morgan fingerprint density at radius 1 is 1.00 bits per heavy atom.